The molecule has 2 atom stereocenters. The van der Waals surface area contributed by atoms with Crippen LogP contribution < -0.4 is 5.73 Å². The Balaban J connectivity index is 2.30. The second kappa shape index (κ2) is 5.14. The Bertz CT molecular complexity index is 192. The highest BCUT2D eigenvalue weighted by molar-refractivity contribution is 4.89. The van der Waals surface area contributed by atoms with E-state index in [4.69, 9.17) is 15.7 Å². The SMILES string of the molecule is N#CC1CN(C[C@H](O)CN)CCO1. The Kier molecular flexibility index (Phi) is 4.12. The fourth-order valence-electron chi connectivity index (χ4n) is 1.32. The number of nitriles is 1. The Hall–Kier alpha value is -0.670. The van der Waals surface area contributed by atoms with Crippen LogP contribution in [0, 0.1) is 11.3 Å². The van der Waals surface area contributed by atoms with Crippen LogP contribution in [0.4, 0.5) is 0 Å². The predicted molar refractivity (Wildman–Crippen MR) is 46.9 cm³/mol. The van der Waals surface area contributed by atoms with Gasteiger partial charge in [-0.2, -0.15) is 5.26 Å². The fourth-order valence-corrected chi connectivity index (χ4v) is 1.32. The molecule has 0 radical (unpaired) electrons. The Morgan fingerprint density at radius 3 is 3.15 bits per heavy atom. The summed E-state index contributed by atoms with van der Waals surface area (Å²) >= 11 is 0. The summed E-state index contributed by atoms with van der Waals surface area (Å²) in [5.74, 6) is 0. The molecule has 0 spiro atoms. The number of aliphatic hydroxyl groups is 1. The molecule has 74 valence electrons. The monoisotopic (exact) mass is 185 g/mol. The van der Waals surface area contributed by atoms with E-state index in [-0.39, 0.29) is 12.6 Å². The summed E-state index contributed by atoms with van der Waals surface area (Å²) in [4.78, 5) is 1.99. The highest BCUT2D eigenvalue weighted by Gasteiger charge is 2.21. The first-order valence-electron chi connectivity index (χ1n) is 4.38. The van der Waals surface area contributed by atoms with Gasteiger partial charge in [0.15, 0.2) is 6.10 Å². The highest BCUT2D eigenvalue weighted by atomic mass is 16.5. The summed E-state index contributed by atoms with van der Waals surface area (Å²) in [5.41, 5.74) is 5.28. The average molecular weight is 185 g/mol. The number of nitrogens with zero attached hydrogens (tertiary/aromatic N) is 2. The second-order valence-corrected chi connectivity index (χ2v) is 3.14. The van der Waals surface area contributed by atoms with Crippen molar-refractivity contribution in [3.05, 3.63) is 0 Å². The molecule has 0 saturated carbocycles. The van der Waals surface area contributed by atoms with E-state index in [9.17, 15) is 5.11 Å². The molecule has 3 N–H and O–H groups in total. The van der Waals surface area contributed by atoms with Gasteiger partial charge in [0.2, 0.25) is 0 Å². The van der Waals surface area contributed by atoms with Crippen LogP contribution >= 0.6 is 0 Å². The zero-order chi connectivity index (χ0) is 9.68. The molecule has 0 bridgehead atoms. The summed E-state index contributed by atoms with van der Waals surface area (Å²) in [6.07, 6.45) is -0.865. The van der Waals surface area contributed by atoms with E-state index in [0.29, 0.717) is 19.7 Å². The normalized spacial score (nSPS) is 26.7. The van der Waals surface area contributed by atoms with Crippen molar-refractivity contribution in [1.82, 2.24) is 4.90 Å². The van der Waals surface area contributed by atoms with E-state index in [2.05, 4.69) is 0 Å². The number of nitrogens with two attached hydrogens (primary N) is 1. The molecule has 0 aliphatic carbocycles. The second-order valence-electron chi connectivity index (χ2n) is 3.14. The zero-order valence-electron chi connectivity index (χ0n) is 7.52. The van der Waals surface area contributed by atoms with Crippen LogP contribution in [0.2, 0.25) is 0 Å². The van der Waals surface area contributed by atoms with Gasteiger partial charge in [-0.1, -0.05) is 0 Å². The molecule has 1 heterocycles. The third-order valence-corrected chi connectivity index (χ3v) is 2.04. The van der Waals surface area contributed by atoms with Gasteiger partial charge in [-0.05, 0) is 0 Å². The first-order valence-corrected chi connectivity index (χ1v) is 4.38. The largest absolute Gasteiger partial charge is 0.390 e. The van der Waals surface area contributed by atoms with Crippen LogP contribution in [0.15, 0.2) is 0 Å². The van der Waals surface area contributed by atoms with Crippen LogP contribution in [0.25, 0.3) is 0 Å². The molecule has 1 aliphatic heterocycles. The molecule has 5 heteroatoms. The summed E-state index contributed by atoms with van der Waals surface area (Å²) in [7, 11) is 0. The number of β-amino-alcohol motifs (C(OH)–C–C–N with tert-alkyl or cyclic N) is 1. The Labute approximate surface area is 77.7 Å². The highest BCUT2D eigenvalue weighted by Crippen LogP contribution is 2.04. The van der Waals surface area contributed by atoms with E-state index in [1.54, 1.807) is 0 Å². The molecule has 1 aliphatic rings. The van der Waals surface area contributed by atoms with E-state index < -0.39 is 6.10 Å². The van der Waals surface area contributed by atoms with Crippen molar-refractivity contribution in [2.45, 2.75) is 12.2 Å². The number of hydrogen-bond acceptors (Lipinski definition) is 5. The number of rotatable bonds is 3. The van der Waals surface area contributed by atoms with Crippen molar-refractivity contribution in [2.24, 2.45) is 5.73 Å². The van der Waals surface area contributed by atoms with Gasteiger partial charge in [-0.3, -0.25) is 4.90 Å². The topological polar surface area (TPSA) is 82.5 Å². The minimum absolute atomic E-state index is 0.259. The van der Waals surface area contributed by atoms with Gasteiger partial charge in [0.25, 0.3) is 0 Å². The molecular weight excluding hydrogens is 170 g/mol. The summed E-state index contributed by atoms with van der Waals surface area (Å²) in [5, 5.41) is 17.9. The molecule has 5 nitrogen and oxygen atoms in total. The maximum Gasteiger partial charge on any atom is 0.156 e. The average Bonchev–Trinajstić information content (AvgIpc) is 2.18. The fraction of sp³-hybridized carbons (Fsp3) is 0.875. The molecule has 1 fully saturated rings. The molecule has 0 aromatic heterocycles. The third kappa shape index (κ3) is 3.28. The van der Waals surface area contributed by atoms with Crippen molar-refractivity contribution < 1.29 is 9.84 Å². The van der Waals surface area contributed by atoms with Crippen molar-refractivity contribution in [1.29, 1.82) is 5.26 Å². The molecule has 1 saturated heterocycles. The summed E-state index contributed by atoms with van der Waals surface area (Å²) in [6.45, 7) is 2.66. The van der Waals surface area contributed by atoms with Gasteiger partial charge in [0.05, 0.1) is 18.8 Å². The van der Waals surface area contributed by atoms with Gasteiger partial charge in [-0.15, -0.1) is 0 Å². The molecule has 0 amide bonds. The standard InChI is InChI=1S/C8H15N3O2/c9-3-7(12)5-11-1-2-13-8(4-10)6-11/h7-8,12H,1-3,5-6,9H2/t7-,8?/m1/s1. The van der Waals surface area contributed by atoms with Crippen molar-refractivity contribution in [2.75, 3.05) is 32.8 Å². The van der Waals surface area contributed by atoms with Gasteiger partial charge in [0, 0.05) is 26.2 Å². The smallest absolute Gasteiger partial charge is 0.156 e. The molecule has 13 heavy (non-hydrogen) atoms. The first kappa shape index (κ1) is 10.4. The quantitative estimate of drug-likeness (QED) is 0.561. The lowest BCUT2D eigenvalue weighted by atomic mass is 10.2. The minimum Gasteiger partial charge on any atom is -0.390 e. The van der Waals surface area contributed by atoms with Crippen LogP contribution in [0.1, 0.15) is 0 Å². The maximum atomic E-state index is 9.28. The summed E-state index contributed by atoms with van der Waals surface area (Å²) < 4.78 is 5.16. The van der Waals surface area contributed by atoms with Crippen LogP contribution in [-0.4, -0.2) is 55.0 Å². The zero-order valence-corrected chi connectivity index (χ0v) is 7.52. The number of aliphatic hydroxyl groups excluding tert-OH is 1. The van der Waals surface area contributed by atoms with Crippen LogP contribution in [-0.2, 0) is 4.74 Å². The van der Waals surface area contributed by atoms with Gasteiger partial charge >= 0.3 is 0 Å². The predicted octanol–water partition coefficient (Wildman–Crippen LogP) is -1.47. The van der Waals surface area contributed by atoms with Gasteiger partial charge < -0.3 is 15.6 Å². The van der Waals surface area contributed by atoms with E-state index >= 15 is 0 Å². The number of hydrogen-bond donors (Lipinski definition) is 2. The number of morpholine rings is 1. The third-order valence-electron chi connectivity index (χ3n) is 2.04. The molecular formula is C8H15N3O2. The summed E-state index contributed by atoms with van der Waals surface area (Å²) in [6, 6.07) is 2.05. The Morgan fingerprint density at radius 1 is 1.77 bits per heavy atom. The number of ether oxygens (including phenoxy) is 1. The van der Waals surface area contributed by atoms with Crippen molar-refractivity contribution in [3.8, 4) is 6.07 Å². The lowest BCUT2D eigenvalue weighted by Gasteiger charge is -2.30. The lowest BCUT2D eigenvalue weighted by Crippen LogP contribution is -2.46. The first-order chi connectivity index (χ1) is 6.26. The van der Waals surface area contributed by atoms with Crippen molar-refractivity contribution >= 4 is 0 Å². The Morgan fingerprint density at radius 2 is 2.54 bits per heavy atom. The van der Waals surface area contributed by atoms with Gasteiger partial charge in [-0.25, -0.2) is 0 Å². The molecule has 1 rings (SSSR count). The lowest BCUT2D eigenvalue weighted by molar-refractivity contribution is -0.0143. The molecule has 0 aromatic rings. The molecule has 0 aromatic carbocycles. The van der Waals surface area contributed by atoms with Crippen LogP contribution in [0.3, 0.4) is 0 Å². The van der Waals surface area contributed by atoms with Gasteiger partial charge in [0.1, 0.15) is 0 Å². The van der Waals surface area contributed by atoms with E-state index in [0.717, 1.165) is 6.54 Å². The van der Waals surface area contributed by atoms with Crippen LogP contribution in [0.5, 0.6) is 0 Å². The van der Waals surface area contributed by atoms with E-state index in [1.165, 1.54) is 0 Å². The van der Waals surface area contributed by atoms with E-state index in [1.807, 2.05) is 11.0 Å². The molecule has 1 unspecified atom stereocenters. The van der Waals surface area contributed by atoms with Crippen molar-refractivity contribution in [3.63, 3.8) is 0 Å². The minimum atomic E-state index is -0.502. The maximum absolute atomic E-state index is 9.28.